The molecule has 0 saturated carbocycles. The molecule has 4 heterocycles. The smallest absolute Gasteiger partial charge is 0.270 e. The summed E-state index contributed by atoms with van der Waals surface area (Å²) in [6.45, 7) is 5.78. The van der Waals surface area contributed by atoms with Crippen molar-refractivity contribution < 1.29 is 4.79 Å². The van der Waals surface area contributed by atoms with E-state index >= 15 is 0 Å². The second kappa shape index (κ2) is 5.46. The maximum Gasteiger partial charge on any atom is 0.270 e. The van der Waals surface area contributed by atoms with E-state index in [-0.39, 0.29) is 11.4 Å². The lowest BCUT2D eigenvalue weighted by Gasteiger charge is -2.50. The van der Waals surface area contributed by atoms with Crippen LogP contribution in [0, 0.1) is 6.92 Å². The van der Waals surface area contributed by atoms with Gasteiger partial charge < -0.3 is 9.47 Å². The molecule has 5 nitrogen and oxygen atoms in total. The Morgan fingerprint density at radius 2 is 2.22 bits per heavy atom. The minimum absolute atomic E-state index is 0.158. The molecule has 2 saturated heterocycles. The zero-order chi connectivity index (χ0) is 16.0. The molecule has 2 aliphatic rings. The van der Waals surface area contributed by atoms with Crippen molar-refractivity contribution in [1.82, 2.24) is 19.4 Å². The molecule has 4 rings (SSSR count). The Hall–Kier alpha value is -1.66. The summed E-state index contributed by atoms with van der Waals surface area (Å²) in [7, 11) is 1.93. The van der Waals surface area contributed by atoms with Crippen molar-refractivity contribution >= 4 is 17.2 Å². The molecule has 23 heavy (non-hydrogen) atoms. The molecule has 0 aromatic carbocycles. The third-order valence-electron chi connectivity index (χ3n) is 5.32. The fourth-order valence-corrected chi connectivity index (χ4v) is 4.45. The summed E-state index contributed by atoms with van der Waals surface area (Å²) in [6, 6.07) is 3.84. The van der Waals surface area contributed by atoms with Crippen LogP contribution in [0.25, 0.3) is 0 Å². The second-order valence-corrected chi connectivity index (χ2v) is 7.80. The monoisotopic (exact) mass is 330 g/mol. The minimum Gasteiger partial charge on any atom is -0.347 e. The van der Waals surface area contributed by atoms with Crippen molar-refractivity contribution in [2.45, 2.75) is 31.8 Å². The SMILES string of the molecule is Cc1nc(CN2CCC23CCN(C(=O)c2cccn2C)C3)cs1. The Morgan fingerprint density at radius 3 is 2.83 bits per heavy atom. The molecule has 6 heteroatoms. The zero-order valence-electron chi connectivity index (χ0n) is 13.7. The first kappa shape index (κ1) is 14.9. The van der Waals surface area contributed by atoms with Gasteiger partial charge in [0.1, 0.15) is 5.69 Å². The first-order chi connectivity index (χ1) is 11.1. The van der Waals surface area contributed by atoms with Gasteiger partial charge in [0.05, 0.1) is 10.7 Å². The normalized spacial score (nSPS) is 24.3. The Balaban J connectivity index is 1.45. The summed E-state index contributed by atoms with van der Waals surface area (Å²) in [4.78, 5) is 21.8. The third-order valence-corrected chi connectivity index (χ3v) is 6.14. The lowest BCUT2D eigenvalue weighted by atomic mass is 9.83. The molecule has 1 amide bonds. The molecular weight excluding hydrogens is 308 g/mol. The molecule has 1 atom stereocenters. The Bertz CT molecular complexity index is 737. The van der Waals surface area contributed by atoms with E-state index in [1.165, 1.54) is 12.1 Å². The molecule has 2 aromatic rings. The Morgan fingerprint density at radius 1 is 1.39 bits per heavy atom. The van der Waals surface area contributed by atoms with E-state index in [2.05, 4.69) is 22.2 Å². The Kier molecular flexibility index (Phi) is 3.54. The molecule has 2 fully saturated rings. The van der Waals surface area contributed by atoms with Crippen LogP contribution in [-0.2, 0) is 13.6 Å². The summed E-state index contributed by atoms with van der Waals surface area (Å²) < 4.78 is 1.91. The predicted molar refractivity (Wildman–Crippen MR) is 90.5 cm³/mol. The Labute approximate surface area is 140 Å². The van der Waals surface area contributed by atoms with Crippen molar-refractivity contribution in [2.75, 3.05) is 19.6 Å². The van der Waals surface area contributed by atoms with Crippen molar-refractivity contribution in [2.24, 2.45) is 7.05 Å². The van der Waals surface area contributed by atoms with Crippen LogP contribution in [0.3, 0.4) is 0 Å². The number of thiazole rings is 1. The highest BCUT2D eigenvalue weighted by atomic mass is 32.1. The summed E-state index contributed by atoms with van der Waals surface area (Å²) >= 11 is 1.71. The molecule has 2 aromatic heterocycles. The van der Waals surface area contributed by atoms with Gasteiger partial charge in [-0.05, 0) is 31.9 Å². The minimum atomic E-state index is 0.158. The van der Waals surface area contributed by atoms with Crippen molar-refractivity contribution in [3.05, 3.63) is 40.1 Å². The van der Waals surface area contributed by atoms with Crippen LogP contribution in [-0.4, -0.2) is 50.4 Å². The topological polar surface area (TPSA) is 41.4 Å². The molecule has 0 aliphatic carbocycles. The molecule has 122 valence electrons. The van der Waals surface area contributed by atoms with Gasteiger partial charge in [-0.15, -0.1) is 11.3 Å². The van der Waals surface area contributed by atoms with Gasteiger partial charge in [0.15, 0.2) is 0 Å². The number of likely N-dealkylation sites (tertiary alicyclic amines) is 2. The van der Waals surface area contributed by atoms with E-state index in [1.54, 1.807) is 11.3 Å². The van der Waals surface area contributed by atoms with Crippen molar-refractivity contribution in [3.63, 3.8) is 0 Å². The number of aromatic nitrogens is 2. The first-order valence-corrected chi connectivity index (χ1v) is 9.02. The van der Waals surface area contributed by atoms with Gasteiger partial charge in [0.25, 0.3) is 5.91 Å². The van der Waals surface area contributed by atoms with Gasteiger partial charge in [-0.3, -0.25) is 9.69 Å². The molecule has 0 radical (unpaired) electrons. The van der Waals surface area contributed by atoms with Crippen LogP contribution in [0.4, 0.5) is 0 Å². The lowest BCUT2D eigenvalue weighted by molar-refractivity contribution is -0.0140. The molecular formula is C17H22N4OS. The van der Waals surface area contributed by atoms with Gasteiger partial charge in [-0.25, -0.2) is 4.98 Å². The maximum absolute atomic E-state index is 12.7. The summed E-state index contributed by atoms with van der Waals surface area (Å²) in [5.41, 5.74) is 2.13. The number of rotatable bonds is 3. The standard InChI is InChI=1S/C17H22N4OS/c1-13-18-14(11-23-13)10-21-9-6-17(21)5-8-20(12-17)16(22)15-4-3-7-19(15)2/h3-4,7,11H,5-6,8-10,12H2,1-2H3. The average Bonchev–Trinajstić information content (AvgIpc) is 3.23. The number of aryl methyl sites for hydroxylation is 2. The van der Waals surface area contributed by atoms with Crippen LogP contribution in [0.1, 0.15) is 34.0 Å². The van der Waals surface area contributed by atoms with Gasteiger partial charge in [0, 0.05) is 50.3 Å². The molecule has 1 unspecified atom stereocenters. The number of hydrogen-bond donors (Lipinski definition) is 0. The van der Waals surface area contributed by atoms with E-state index < -0.39 is 0 Å². The highest BCUT2D eigenvalue weighted by Gasteiger charge is 2.50. The van der Waals surface area contributed by atoms with Crippen LogP contribution >= 0.6 is 11.3 Å². The number of hydrogen-bond acceptors (Lipinski definition) is 4. The first-order valence-electron chi connectivity index (χ1n) is 8.14. The summed E-state index contributed by atoms with van der Waals surface area (Å²) in [5, 5.41) is 3.28. The number of carbonyl (C=O) groups is 1. The third kappa shape index (κ3) is 2.50. The highest BCUT2D eigenvalue weighted by Crippen LogP contribution is 2.40. The summed E-state index contributed by atoms with van der Waals surface area (Å²) in [5.74, 6) is 0.158. The quantitative estimate of drug-likeness (QED) is 0.867. The second-order valence-electron chi connectivity index (χ2n) is 6.73. The van der Waals surface area contributed by atoms with E-state index in [0.29, 0.717) is 0 Å². The maximum atomic E-state index is 12.7. The average molecular weight is 330 g/mol. The van der Waals surface area contributed by atoms with Crippen LogP contribution in [0.2, 0.25) is 0 Å². The highest BCUT2D eigenvalue weighted by molar-refractivity contribution is 7.09. The molecule has 2 aliphatic heterocycles. The fraction of sp³-hybridized carbons (Fsp3) is 0.529. The van der Waals surface area contributed by atoms with Gasteiger partial charge >= 0.3 is 0 Å². The molecule has 1 spiro atoms. The van der Waals surface area contributed by atoms with E-state index in [4.69, 9.17) is 0 Å². The van der Waals surface area contributed by atoms with E-state index in [9.17, 15) is 4.79 Å². The van der Waals surface area contributed by atoms with Crippen molar-refractivity contribution in [3.8, 4) is 0 Å². The predicted octanol–water partition coefficient (Wildman–Crippen LogP) is 2.28. The molecule has 0 N–H and O–H groups in total. The largest absolute Gasteiger partial charge is 0.347 e. The summed E-state index contributed by atoms with van der Waals surface area (Å²) in [6.07, 6.45) is 4.19. The van der Waals surface area contributed by atoms with Gasteiger partial charge in [-0.1, -0.05) is 0 Å². The van der Waals surface area contributed by atoms with E-state index in [1.807, 2.05) is 34.8 Å². The van der Waals surface area contributed by atoms with Crippen LogP contribution in [0.5, 0.6) is 0 Å². The van der Waals surface area contributed by atoms with Crippen molar-refractivity contribution in [1.29, 1.82) is 0 Å². The van der Waals surface area contributed by atoms with Crippen LogP contribution in [0.15, 0.2) is 23.7 Å². The lowest BCUT2D eigenvalue weighted by Crippen LogP contribution is -2.60. The molecule has 0 bridgehead atoms. The number of amides is 1. The zero-order valence-corrected chi connectivity index (χ0v) is 14.5. The fourth-order valence-electron chi connectivity index (χ4n) is 3.85. The van der Waals surface area contributed by atoms with Gasteiger partial charge in [0.2, 0.25) is 0 Å². The number of carbonyl (C=O) groups excluding carboxylic acids is 1. The van der Waals surface area contributed by atoms with E-state index in [0.717, 1.165) is 43.3 Å². The van der Waals surface area contributed by atoms with Crippen LogP contribution < -0.4 is 0 Å². The number of nitrogens with zero attached hydrogens (tertiary/aromatic N) is 4. The van der Waals surface area contributed by atoms with Gasteiger partial charge in [-0.2, -0.15) is 0 Å².